The van der Waals surface area contributed by atoms with E-state index in [0.29, 0.717) is 36.9 Å². The number of nitrogens with zero attached hydrogens (tertiary/aromatic N) is 4. The van der Waals surface area contributed by atoms with E-state index in [4.69, 9.17) is 9.72 Å². The van der Waals surface area contributed by atoms with Gasteiger partial charge in [-0.3, -0.25) is 14.7 Å². The smallest absolute Gasteiger partial charge is 0.233 e. The van der Waals surface area contributed by atoms with Gasteiger partial charge in [0.2, 0.25) is 15.9 Å². The van der Waals surface area contributed by atoms with Crippen LogP contribution in [0.1, 0.15) is 25.5 Å². The Morgan fingerprint density at radius 1 is 1.28 bits per heavy atom. The third-order valence-corrected chi connectivity index (χ3v) is 7.73. The van der Waals surface area contributed by atoms with Gasteiger partial charge in [0, 0.05) is 19.3 Å². The van der Waals surface area contributed by atoms with Gasteiger partial charge in [-0.05, 0) is 44.0 Å². The van der Waals surface area contributed by atoms with Crippen molar-refractivity contribution in [1.29, 1.82) is 0 Å². The number of amides is 1. The van der Waals surface area contributed by atoms with Crippen molar-refractivity contribution in [2.45, 2.75) is 26.3 Å². The van der Waals surface area contributed by atoms with Crippen molar-refractivity contribution in [2.75, 3.05) is 30.9 Å². The van der Waals surface area contributed by atoms with E-state index in [-0.39, 0.29) is 19.0 Å². The molecule has 0 radical (unpaired) electrons. The van der Waals surface area contributed by atoms with Crippen molar-refractivity contribution in [2.24, 2.45) is 5.92 Å². The zero-order valence-corrected chi connectivity index (χ0v) is 19.7. The summed E-state index contributed by atoms with van der Waals surface area (Å²) in [7, 11) is -3.35. The van der Waals surface area contributed by atoms with Crippen LogP contribution in [0.15, 0.2) is 42.6 Å². The molecule has 170 valence electrons. The molecular formula is C22H26N4O4S2. The number of carbonyl (C=O) groups excluding carboxylic acids is 1. The highest BCUT2D eigenvalue weighted by molar-refractivity contribution is 7.88. The first kappa shape index (κ1) is 22.6. The molecule has 10 heteroatoms. The molecule has 1 aliphatic heterocycles. The first-order valence-corrected chi connectivity index (χ1v) is 13.2. The molecule has 0 spiro atoms. The lowest BCUT2D eigenvalue weighted by Gasteiger charge is -2.32. The first-order valence-electron chi connectivity index (χ1n) is 10.6. The highest BCUT2D eigenvalue weighted by Gasteiger charge is 2.34. The van der Waals surface area contributed by atoms with Crippen molar-refractivity contribution in [1.82, 2.24) is 14.3 Å². The maximum atomic E-state index is 13.7. The number of fused-ring (bicyclic) bond motifs is 1. The Hall–Kier alpha value is -2.56. The van der Waals surface area contributed by atoms with Gasteiger partial charge in [0.05, 0.1) is 35.7 Å². The number of piperidine rings is 1. The summed E-state index contributed by atoms with van der Waals surface area (Å²) < 4.78 is 32.2. The molecule has 0 bridgehead atoms. The van der Waals surface area contributed by atoms with Gasteiger partial charge in [-0.2, -0.15) is 0 Å². The van der Waals surface area contributed by atoms with Crippen molar-refractivity contribution in [3.8, 4) is 5.75 Å². The number of rotatable bonds is 7. The second kappa shape index (κ2) is 9.51. The molecule has 32 heavy (non-hydrogen) atoms. The number of pyridine rings is 1. The van der Waals surface area contributed by atoms with Gasteiger partial charge in [0.25, 0.3) is 0 Å². The molecular weight excluding hydrogens is 448 g/mol. The van der Waals surface area contributed by atoms with Crippen molar-refractivity contribution in [3.63, 3.8) is 0 Å². The van der Waals surface area contributed by atoms with Crippen LogP contribution in [0.5, 0.6) is 5.75 Å². The maximum Gasteiger partial charge on any atom is 0.233 e. The summed E-state index contributed by atoms with van der Waals surface area (Å²) in [6.07, 6.45) is 4.16. The van der Waals surface area contributed by atoms with Crippen LogP contribution in [0.4, 0.5) is 5.13 Å². The van der Waals surface area contributed by atoms with Crippen LogP contribution in [0, 0.1) is 5.92 Å². The second-order valence-corrected chi connectivity index (χ2v) is 10.7. The van der Waals surface area contributed by atoms with E-state index in [1.165, 1.54) is 21.9 Å². The summed E-state index contributed by atoms with van der Waals surface area (Å²) in [5.74, 6) is 0.111. The van der Waals surface area contributed by atoms with Crippen LogP contribution in [-0.4, -0.2) is 54.6 Å². The van der Waals surface area contributed by atoms with E-state index in [2.05, 4.69) is 4.98 Å². The number of thiazole rings is 1. The van der Waals surface area contributed by atoms with Crippen molar-refractivity contribution in [3.05, 3.63) is 48.3 Å². The minimum absolute atomic E-state index is 0.138. The molecule has 1 fully saturated rings. The molecule has 0 N–H and O–H groups in total. The number of sulfonamides is 1. The van der Waals surface area contributed by atoms with Gasteiger partial charge >= 0.3 is 0 Å². The molecule has 3 heterocycles. The Bertz CT molecular complexity index is 1200. The summed E-state index contributed by atoms with van der Waals surface area (Å²) in [4.78, 5) is 24.4. The first-order chi connectivity index (χ1) is 15.4. The maximum absolute atomic E-state index is 13.7. The number of carbonyl (C=O) groups is 1. The highest BCUT2D eigenvalue weighted by atomic mass is 32.2. The number of hydrogen-bond donors (Lipinski definition) is 0. The van der Waals surface area contributed by atoms with Crippen LogP contribution < -0.4 is 9.64 Å². The molecule has 8 nitrogen and oxygen atoms in total. The second-order valence-electron chi connectivity index (χ2n) is 7.74. The lowest BCUT2D eigenvalue weighted by Crippen LogP contribution is -2.46. The van der Waals surface area contributed by atoms with Gasteiger partial charge in [-0.25, -0.2) is 17.7 Å². The number of anilines is 1. The van der Waals surface area contributed by atoms with E-state index >= 15 is 0 Å². The Balaban J connectivity index is 1.70. The zero-order chi connectivity index (χ0) is 22.7. The number of ether oxygens (including phenoxy) is 1. The topological polar surface area (TPSA) is 92.7 Å². The number of aromatic nitrogens is 2. The average molecular weight is 475 g/mol. The van der Waals surface area contributed by atoms with Crippen LogP contribution in [-0.2, 0) is 21.4 Å². The molecule has 1 aliphatic rings. The van der Waals surface area contributed by atoms with Crippen molar-refractivity contribution < 1.29 is 17.9 Å². The van der Waals surface area contributed by atoms with Gasteiger partial charge < -0.3 is 4.74 Å². The van der Waals surface area contributed by atoms with Crippen LogP contribution in [0.25, 0.3) is 10.2 Å². The van der Waals surface area contributed by atoms with Gasteiger partial charge in [-0.15, -0.1) is 0 Å². The standard InChI is InChI=1S/C22H26N4O4S2/c1-3-30-18-10-6-11-19-20(18)24-22(31-19)26(15-17-9-4-5-12-23-17)21(27)16-8-7-13-25(14-16)32(2,28)29/h4-6,9-12,16H,3,7-8,13-15H2,1-2H3/t16-/m0/s1. The quantitative estimate of drug-likeness (QED) is 0.522. The summed E-state index contributed by atoms with van der Waals surface area (Å²) in [6, 6.07) is 11.3. The molecule has 2 aromatic heterocycles. The lowest BCUT2D eigenvalue weighted by molar-refractivity contribution is -0.123. The SMILES string of the molecule is CCOc1cccc2sc(N(Cc3ccccn3)C(=O)[C@H]3CCCN(S(C)(=O)=O)C3)nc12. The summed E-state index contributed by atoms with van der Waals surface area (Å²) >= 11 is 1.42. The summed E-state index contributed by atoms with van der Waals surface area (Å²) in [5.41, 5.74) is 1.45. The van der Waals surface area contributed by atoms with Crippen molar-refractivity contribution >= 4 is 42.6 Å². The molecule has 3 aromatic rings. The fourth-order valence-electron chi connectivity index (χ4n) is 3.86. The van der Waals surface area contributed by atoms with Gasteiger partial charge in [-0.1, -0.05) is 23.5 Å². The van der Waals surface area contributed by atoms with Crippen LogP contribution >= 0.6 is 11.3 Å². The molecule has 0 aliphatic carbocycles. The number of hydrogen-bond acceptors (Lipinski definition) is 7. The highest BCUT2D eigenvalue weighted by Crippen LogP contribution is 2.36. The lowest BCUT2D eigenvalue weighted by atomic mass is 9.98. The number of para-hydroxylation sites is 1. The van der Waals surface area contributed by atoms with E-state index in [1.807, 2.05) is 43.3 Å². The van der Waals surface area contributed by atoms with E-state index < -0.39 is 15.9 Å². The molecule has 0 saturated carbocycles. The minimum atomic E-state index is -3.35. The van der Waals surface area contributed by atoms with Crippen LogP contribution in [0.2, 0.25) is 0 Å². The Kier molecular flexibility index (Phi) is 6.73. The monoisotopic (exact) mass is 474 g/mol. The van der Waals surface area contributed by atoms with Gasteiger partial charge in [0.15, 0.2) is 5.13 Å². The Morgan fingerprint density at radius 3 is 2.84 bits per heavy atom. The van der Waals surface area contributed by atoms with Crippen LogP contribution in [0.3, 0.4) is 0 Å². The zero-order valence-electron chi connectivity index (χ0n) is 18.1. The summed E-state index contributed by atoms with van der Waals surface area (Å²) in [6.45, 7) is 3.33. The Labute approximate surface area is 191 Å². The van der Waals surface area contributed by atoms with E-state index in [9.17, 15) is 13.2 Å². The molecule has 4 rings (SSSR count). The number of benzene rings is 1. The fourth-order valence-corrected chi connectivity index (χ4v) is 5.76. The van der Waals surface area contributed by atoms with Gasteiger partial charge in [0.1, 0.15) is 11.3 Å². The predicted molar refractivity (Wildman–Crippen MR) is 125 cm³/mol. The molecule has 1 atom stereocenters. The predicted octanol–water partition coefficient (Wildman–Crippen LogP) is 3.29. The molecule has 1 amide bonds. The third kappa shape index (κ3) is 4.92. The normalized spacial score (nSPS) is 17.4. The summed E-state index contributed by atoms with van der Waals surface area (Å²) in [5, 5.41) is 0.555. The third-order valence-electron chi connectivity index (χ3n) is 5.42. The molecule has 1 aromatic carbocycles. The Morgan fingerprint density at radius 2 is 2.12 bits per heavy atom. The minimum Gasteiger partial charge on any atom is -0.492 e. The largest absolute Gasteiger partial charge is 0.492 e. The average Bonchev–Trinajstić information content (AvgIpc) is 3.22. The molecule has 0 unspecified atom stereocenters. The van der Waals surface area contributed by atoms with E-state index in [0.717, 1.165) is 15.9 Å². The fraction of sp³-hybridized carbons (Fsp3) is 0.409. The molecule has 1 saturated heterocycles. The van der Waals surface area contributed by atoms with E-state index in [1.54, 1.807) is 11.1 Å².